The number of aromatic amines is 1. The monoisotopic (exact) mass is 260 g/mol. The van der Waals surface area contributed by atoms with Crippen LogP contribution in [0.3, 0.4) is 0 Å². The van der Waals surface area contributed by atoms with Crippen LogP contribution in [0.25, 0.3) is 11.3 Å². The quantitative estimate of drug-likeness (QED) is 0.894. The van der Waals surface area contributed by atoms with E-state index in [1.54, 1.807) is 18.8 Å². The van der Waals surface area contributed by atoms with E-state index in [1.165, 1.54) is 0 Å². The van der Waals surface area contributed by atoms with Gasteiger partial charge in [0.05, 0.1) is 19.9 Å². The Kier molecular flexibility index (Phi) is 2.62. The molecule has 0 saturated carbocycles. The lowest BCUT2D eigenvalue weighted by atomic mass is 9.96. The van der Waals surface area contributed by atoms with Gasteiger partial charge in [-0.3, -0.25) is 4.57 Å². The fourth-order valence-electron chi connectivity index (χ4n) is 2.75. The molecule has 0 spiro atoms. The largest absolute Gasteiger partial charge is 0.497 e. The minimum atomic E-state index is -0.0592. The van der Waals surface area contributed by atoms with Crippen LogP contribution in [0, 0.1) is 6.92 Å². The van der Waals surface area contributed by atoms with Gasteiger partial charge < -0.3 is 14.5 Å². The highest BCUT2D eigenvalue weighted by molar-refractivity contribution is 5.75. The van der Waals surface area contributed by atoms with Crippen molar-refractivity contribution in [2.24, 2.45) is 0 Å². The third kappa shape index (κ3) is 1.65. The Bertz CT molecular complexity index is 680. The molecule has 3 rings (SSSR count). The van der Waals surface area contributed by atoms with Crippen LogP contribution in [0.1, 0.15) is 11.3 Å². The molecule has 100 valence electrons. The summed E-state index contributed by atoms with van der Waals surface area (Å²) in [6.07, 6.45) is 0.799. The highest BCUT2D eigenvalue weighted by atomic mass is 16.5. The summed E-state index contributed by atoms with van der Waals surface area (Å²) in [5.74, 6) is 1.52. The number of aromatic nitrogens is 2. The molecule has 5 nitrogen and oxygen atoms in total. The number of methoxy groups -OCH3 is 2. The van der Waals surface area contributed by atoms with Crippen LogP contribution in [-0.2, 0) is 13.0 Å². The number of aryl methyl sites for hydroxylation is 2. The second kappa shape index (κ2) is 4.19. The average molecular weight is 260 g/mol. The number of nitrogens with zero attached hydrogens (tertiary/aromatic N) is 1. The number of fused-ring (bicyclic) bond motifs is 3. The predicted octanol–water partition coefficient (Wildman–Crippen LogP) is 1.73. The molecular formula is C14H16N2O3. The summed E-state index contributed by atoms with van der Waals surface area (Å²) in [5, 5.41) is 0. The standard InChI is InChI=1S/C14H16N2O3/c1-8-13-12-9(4-5-16(13)14(17)15-8)6-10(18-2)7-11(12)19-3/h6-7H,4-5H2,1-3H3,(H,15,17). The Morgan fingerprint density at radius 2 is 2.05 bits per heavy atom. The van der Waals surface area contributed by atoms with Crippen LogP contribution in [0.2, 0.25) is 0 Å². The van der Waals surface area contributed by atoms with Crippen LogP contribution >= 0.6 is 0 Å². The first-order valence-electron chi connectivity index (χ1n) is 6.20. The van der Waals surface area contributed by atoms with Gasteiger partial charge in [-0.05, 0) is 25.0 Å². The summed E-state index contributed by atoms with van der Waals surface area (Å²) in [4.78, 5) is 14.7. The lowest BCUT2D eigenvalue weighted by molar-refractivity contribution is 0.393. The van der Waals surface area contributed by atoms with Gasteiger partial charge in [-0.15, -0.1) is 0 Å². The van der Waals surface area contributed by atoms with E-state index >= 15 is 0 Å². The number of nitrogens with one attached hydrogen (secondary N) is 1. The van der Waals surface area contributed by atoms with Gasteiger partial charge >= 0.3 is 5.69 Å². The summed E-state index contributed by atoms with van der Waals surface area (Å²) >= 11 is 0. The number of H-pyrrole nitrogens is 1. The molecule has 1 aromatic carbocycles. The minimum absolute atomic E-state index is 0.0592. The second-order valence-electron chi connectivity index (χ2n) is 4.67. The molecule has 0 unspecified atom stereocenters. The molecule has 0 fully saturated rings. The number of imidazole rings is 1. The first kappa shape index (κ1) is 11.9. The zero-order valence-corrected chi connectivity index (χ0v) is 11.2. The Morgan fingerprint density at radius 1 is 1.26 bits per heavy atom. The summed E-state index contributed by atoms with van der Waals surface area (Å²) in [7, 11) is 3.27. The van der Waals surface area contributed by atoms with Crippen molar-refractivity contribution in [1.82, 2.24) is 9.55 Å². The van der Waals surface area contributed by atoms with Crippen LogP contribution in [0.15, 0.2) is 16.9 Å². The van der Waals surface area contributed by atoms with Crippen molar-refractivity contribution >= 4 is 0 Å². The molecule has 0 radical (unpaired) electrons. The third-order valence-corrected chi connectivity index (χ3v) is 3.62. The van der Waals surface area contributed by atoms with E-state index in [9.17, 15) is 4.79 Å². The zero-order valence-electron chi connectivity index (χ0n) is 11.2. The van der Waals surface area contributed by atoms with Crippen molar-refractivity contribution in [3.63, 3.8) is 0 Å². The first-order valence-corrected chi connectivity index (χ1v) is 6.20. The Morgan fingerprint density at radius 3 is 2.74 bits per heavy atom. The maximum Gasteiger partial charge on any atom is 0.326 e. The maximum absolute atomic E-state index is 11.9. The van der Waals surface area contributed by atoms with Gasteiger partial charge in [0.25, 0.3) is 0 Å². The van der Waals surface area contributed by atoms with E-state index in [-0.39, 0.29) is 5.69 Å². The molecule has 0 amide bonds. The van der Waals surface area contributed by atoms with Gasteiger partial charge in [0.1, 0.15) is 11.5 Å². The molecule has 1 aromatic heterocycles. The highest BCUT2D eigenvalue weighted by Crippen LogP contribution is 2.40. The SMILES string of the molecule is COc1cc2c(c(OC)c1)-c1c(C)[nH]c(=O)n1CC2. The van der Waals surface area contributed by atoms with Crippen molar-refractivity contribution in [1.29, 1.82) is 0 Å². The summed E-state index contributed by atoms with van der Waals surface area (Å²) in [5.41, 5.74) is 3.87. The molecule has 2 aromatic rings. The molecule has 0 bridgehead atoms. The van der Waals surface area contributed by atoms with Gasteiger partial charge in [0.2, 0.25) is 0 Å². The van der Waals surface area contributed by atoms with Crippen molar-refractivity contribution in [2.75, 3.05) is 14.2 Å². The molecule has 0 saturated heterocycles. The lowest BCUT2D eigenvalue weighted by Gasteiger charge is -2.22. The Labute approximate surface area is 110 Å². The number of rotatable bonds is 2. The molecule has 1 N–H and O–H groups in total. The van der Waals surface area contributed by atoms with E-state index in [4.69, 9.17) is 9.47 Å². The molecule has 0 atom stereocenters. The zero-order chi connectivity index (χ0) is 13.6. The van der Waals surface area contributed by atoms with Crippen LogP contribution in [0.5, 0.6) is 11.5 Å². The topological polar surface area (TPSA) is 56.2 Å². The highest BCUT2D eigenvalue weighted by Gasteiger charge is 2.25. The Hall–Kier alpha value is -2.17. The van der Waals surface area contributed by atoms with Crippen LogP contribution in [0.4, 0.5) is 0 Å². The van der Waals surface area contributed by atoms with Crippen molar-refractivity contribution < 1.29 is 9.47 Å². The van der Waals surface area contributed by atoms with Crippen molar-refractivity contribution in [3.05, 3.63) is 33.9 Å². The maximum atomic E-state index is 11.9. The lowest BCUT2D eigenvalue weighted by Crippen LogP contribution is -2.22. The molecule has 19 heavy (non-hydrogen) atoms. The van der Waals surface area contributed by atoms with Gasteiger partial charge in [-0.1, -0.05) is 0 Å². The fraction of sp³-hybridized carbons (Fsp3) is 0.357. The smallest absolute Gasteiger partial charge is 0.326 e. The molecule has 2 heterocycles. The van der Waals surface area contributed by atoms with E-state index in [2.05, 4.69) is 4.98 Å². The molecular weight excluding hydrogens is 244 g/mol. The molecule has 1 aliphatic heterocycles. The normalized spacial score (nSPS) is 12.8. The van der Waals surface area contributed by atoms with Crippen molar-refractivity contribution in [2.45, 2.75) is 19.9 Å². The van der Waals surface area contributed by atoms with E-state index in [1.807, 2.05) is 19.1 Å². The number of ether oxygens (including phenoxy) is 2. The summed E-state index contributed by atoms with van der Waals surface area (Å²) < 4.78 is 12.5. The number of hydrogen-bond acceptors (Lipinski definition) is 3. The number of benzene rings is 1. The molecule has 5 heteroatoms. The first-order chi connectivity index (χ1) is 9.15. The summed E-state index contributed by atoms with van der Waals surface area (Å²) in [6, 6.07) is 3.86. The van der Waals surface area contributed by atoms with E-state index < -0.39 is 0 Å². The van der Waals surface area contributed by atoms with Gasteiger partial charge in [0.15, 0.2) is 0 Å². The van der Waals surface area contributed by atoms with Gasteiger partial charge in [-0.2, -0.15) is 0 Å². The van der Waals surface area contributed by atoms with E-state index in [0.29, 0.717) is 6.54 Å². The average Bonchev–Trinajstić information content (AvgIpc) is 2.72. The van der Waals surface area contributed by atoms with Gasteiger partial charge in [0, 0.05) is 23.9 Å². The van der Waals surface area contributed by atoms with Gasteiger partial charge in [-0.25, -0.2) is 4.79 Å². The third-order valence-electron chi connectivity index (χ3n) is 3.62. The molecule has 0 aliphatic carbocycles. The van der Waals surface area contributed by atoms with Crippen molar-refractivity contribution in [3.8, 4) is 22.8 Å². The van der Waals surface area contributed by atoms with E-state index in [0.717, 1.165) is 40.4 Å². The second-order valence-corrected chi connectivity index (χ2v) is 4.67. The fourth-order valence-corrected chi connectivity index (χ4v) is 2.75. The molecule has 1 aliphatic rings. The summed E-state index contributed by atoms with van der Waals surface area (Å²) in [6.45, 7) is 2.59. The Balaban J connectivity index is 2.34. The minimum Gasteiger partial charge on any atom is -0.497 e. The number of hydrogen-bond donors (Lipinski definition) is 1. The van der Waals surface area contributed by atoms with Crippen LogP contribution in [-0.4, -0.2) is 23.8 Å². The van der Waals surface area contributed by atoms with Crippen LogP contribution < -0.4 is 15.2 Å². The predicted molar refractivity (Wildman–Crippen MR) is 72.0 cm³/mol.